The molecule has 1 aliphatic heterocycles. The van der Waals surface area contributed by atoms with Crippen LogP contribution in [0.15, 0.2) is 42.1 Å². The van der Waals surface area contributed by atoms with Crippen LogP contribution in [-0.2, 0) is 15.1 Å². The van der Waals surface area contributed by atoms with Crippen LogP contribution < -0.4 is 5.32 Å². The first-order chi connectivity index (χ1) is 12.6. The third-order valence-corrected chi connectivity index (χ3v) is 4.28. The smallest absolute Gasteiger partial charge is 0.253 e. The van der Waals surface area contributed by atoms with Crippen LogP contribution in [0.25, 0.3) is 0 Å². The first-order valence-corrected chi connectivity index (χ1v) is 8.32. The quantitative estimate of drug-likeness (QED) is 0.717. The summed E-state index contributed by atoms with van der Waals surface area (Å²) in [6, 6.07) is 16.0. The average molecular weight is 351 g/mol. The van der Waals surface area contributed by atoms with E-state index in [9.17, 15) is 5.26 Å². The first kappa shape index (κ1) is 19.0. The molecule has 1 aromatic carbocycles. The van der Waals surface area contributed by atoms with E-state index in [-0.39, 0.29) is 26.1 Å². The first-order valence-electron chi connectivity index (χ1n) is 8.32. The lowest BCUT2D eigenvalue weighted by Crippen LogP contribution is -2.53. The summed E-state index contributed by atoms with van der Waals surface area (Å²) in [6.45, 7) is 2.22. The summed E-state index contributed by atoms with van der Waals surface area (Å²) in [5, 5.41) is 30.5. The molecule has 0 bridgehead atoms. The molecule has 0 aromatic heterocycles. The average Bonchev–Trinajstić information content (AvgIpc) is 2.95. The standard InChI is InChI=1S/C19H21N5O2/c1-15(14-22)19(16-8-4-3-5-9-16)23-17(25-12-6-10-20)18(24(19)2)26-13-7-11-21/h3-5,8-9,15,23H,6-7,12-13H2,1-2H3. The number of hydrogen-bond donors (Lipinski definition) is 1. The van der Waals surface area contributed by atoms with Gasteiger partial charge in [-0.3, -0.25) is 0 Å². The van der Waals surface area contributed by atoms with Crippen LogP contribution in [-0.4, -0.2) is 25.2 Å². The summed E-state index contributed by atoms with van der Waals surface area (Å²) in [5.74, 6) is 0.345. The summed E-state index contributed by atoms with van der Waals surface area (Å²) in [4.78, 5) is 1.83. The zero-order chi connectivity index (χ0) is 19.0. The molecular weight excluding hydrogens is 330 g/mol. The van der Waals surface area contributed by atoms with E-state index in [0.29, 0.717) is 11.8 Å². The molecule has 2 rings (SSSR count). The van der Waals surface area contributed by atoms with Crippen molar-refractivity contribution in [1.82, 2.24) is 10.2 Å². The monoisotopic (exact) mass is 351 g/mol. The number of nitrogens with one attached hydrogen (secondary N) is 1. The lowest BCUT2D eigenvalue weighted by molar-refractivity contribution is 0.0442. The van der Waals surface area contributed by atoms with Gasteiger partial charge in [0.25, 0.3) is 11.8 Å². The van der Waals surface area contributed by atoms with E-state index in [4.69, 9.17) is 20.0 Å². The van der Waals surface area contributed by atoms with Crippen molar-refractivity contribution in [3.05, 3.63) is 47.7 Å². The van der Waals surface area contributed by atoms with Gasteiger partial charge in [-0.15, -0.1) is 0 Å². The van der Waals surface area contributed by atoms with Gasteiger partial charge in [0, 0.05) is 7.05 Å². The summed E-state index contributed by atoms with van der Waals surface area (Å²) >= 11 is 0. The second-order valence-corrected chi connectivity index (χ2v) is 5.81. The van der Waals surface area contributed by atoms with Crippen molar-refractivity contribution in [3.63, 3.8) is 0 Å². The van der Waals surface area contributed by atoms with Crippen LogP contribution in [0.5, 0.6) is 0 Å². The van der Waals surface area contributed by atoms with Gasteiger partial charge in [-0.25, -0.2) is 0 Å². The highest BCUT2D eigenvalue weighted by atomic mass is 16.5. The zero-order valence-electron chi connectivity index (χ0n) is 14.9. The third-order valence-electron chi connectivity index (χ3n) is 4.28. The Hall–Kier alpha value is -3.37. The van der Waals surface area contributed by atoms with E-state index in [1.807, 2.05) is 61.3 Å². The Bertz CT molecular complexity index is 772. The van der Waals surface area contributed by atoms with Gasteiger partial charge in [0.15, 0.2) is 5.66 Å². The van der Waals surface area contributed by atoms with Crippen LogP contribution in [0.3, 0.4) is 0 Å². The molecule has 1 heterocycles. The van der Waals surface area contributed by atoms with Gasteiger partial charge in [-0.05, 0) is 12.5 Å². The molecule has 0 spiro atoms. The summed E-state index contributed by atoms with van der Waals surface area (Å²) in [6.07, 6.45) is 0.460. The van der Waals surface area contributed by atoms with E-state index >= 15 is 0 Å². The molecule has 2 unspecified atom stereocenters. The van der Waals surface area contributed by atoms with Crippen molar-refractivity contribution in [3.8, 4) is 18.2 Å². The Morgan fingerprint density at radius 2 is 1.69 bits per heavy atom. The van der Waals surface area contributed by atoms with Crippen molar-refractivity contribution in [2.24, 2.45) is 5.92 Å². The third kappa shape index (κ3) is 3.50. The van der Waals surface area contributed by atoms with Crippen molar-refractivity contribution in [2.45, 2.75) is 25.4 Å². The van der Waals surface area contributed by atoms with Gasteiger partial charge in [0.05, 0.1) is 37.0 Å². The predicted molar refractivity (Wildman–Crippen MR) is 93.2 cm³/mol. The normalized spacial score (nSPS) is 19.7. The zero-order valence-corrected chi connectivity index (χ0v) is 14.9. The Morgan fingerprint density at radius 3 is 2.27 bits per heavy atom. The number of ether oxygens (including phenoxy) is 2. The molecule has 1 aliphatic rings. The van der Waals surface area contributed by atoms with Gasteiger partial charge < -0.3 is 19.7 Å². The molecular formula is C19H21N5O2. The molecule has 2 atom stereocenters. The lowest BCUT2D eigenvalue weighted by Gasteiger charge is -2.40. The Labute approximate surface area is 153 Å². The number of benzene rings is 1. The maximum atomic E-state index is 9.64. The maximum absolute atomic E-state index is 9.64. The molecule has 1 N–H and O–H groups in total. The number of rotatable bonds is 8. The van der Waals surface area contributed by atoms with E-state index in [1.165, 1.54) is 0 Å². The molecule has 0 saturated carbocycles. The molecule has 0 fully saturated rings. The SMILES string of the molecule is CC(C#N)C1(c2ccccc2)NC(OCCC#N)=C(OCCC#N)N1C. The Morgan fingerprint density at radius 1 is 1.08 bits per heavy atom. The van der Waals surface area contributed by atoms with E-state index < -0.39 is 11.6 Å². The second kappa shape index (κ2) is 8.65. The van der Waals surface area contributed by atoms with Crippen molar-refractivity contribution in [1.29, 1.82) is 15.8 Å². The molecule has 0 radical (unpaired) electrons. The summed E-state index contributed by atoms with van der Waals surface area (Å²) in [7, 11) is 1.82. The van der Waals surface area contributed by atoms with Gasteiger partial charge >= 0.3 is 0 Å². The molecule has 7 heteroatoms. The summed E-state index contributed by atoms with van der Waals surface area (Å²) < 4.78 is 11.5. The molecule has 0 amide bonds. The minimum absolute atomic E-state index is 0.198. The minimum atomic E-state index is -0.875. The van der Waals surface area contributed by atoms with Crippen molar-refractivity contribution < 1.29 is 9.47 Å². The van der Waals surface area contributed by atoms with E-state index in [0.717, 1.165) is 5.56 Å². The Balaban J connectivity index is 2.42. The van der Waals surface area contributed by atoms with E-state index in [2.05, 4.69) is 11.4 Å². The highest BCUT2D eigenvalue weighted by Gasteiger charge is 2.50. The fourth-order valence-corrected chi connectivity index (χ4v) is 2.98. The molecule has 0 aliphatic carbocycles. The molecule has 1 aromatic rings. The lowest BCUT2D eigenvalue weighted by atomic mass is 9.87. The topological polar surface area (TPSA) is 105 Å². The number of nitriles is 3. The predicted octanol–water partition coefficient (Wildman–Crippen LogP) is 2.52. The highest BCUT2D eigenvalue weighted by molar-refractivity contribution is 5.33. The van der Waals surface area contributed by atoms with Gasteiger partial charge in [0.2, 0.25) is 0 Å². The molecule has 7 nitrogen and oxygen atoms in total. The van der Waals surface area contributed by atoms with Crippen LogP contribution in [0, 0.1) is 39.9 Å². The fraction of sp³-hybridized carbons (Fsp3) is 0.421. The van der Waals surface area contributed by atoms with E-state index in [1.54, 1.807) is 0 Å². The second-order valence-electron chi connectivity index (χ2n) is 5.81. The highest BCUT2D eigenvalue weighted by Crippen LogP contribution is 2.41. The maximum Gasteiger partial charge on any atom is 0.253 e. The fourth-order valence-electron chi connectivity index (χ4n) is 2.98. The van der Waals surface area contributed by atoms with Crippen LogP contribution >= 0.6 is 0 Å². The van der Waals surface area contributed by atoms with Crippen molar-refractivity contribution in [2.75, 3.05) is 20.3 Å². The molecule has 0 saturated heterocycles. The number of nitrogens with zero attached hydrogens (tertiary/aromatic N) is 4. The van der Waals surface area contributed by atoms with Gasteiger partial charge in [-0.2, -0.15) is 15.8 Å². The van der Waals surface area contributed by atoms with Crippen LogP contribution in [0.1, 0.15) is 25.3 Å². The van der Waals surface area contributed by atoms with Crippen LogP contribution in [0.4, 0.5) is 0 Å². The largest absolute Gasteiger partial charge is 0.474 e. The van der Waals surface area contributed by atoms with Crippen LogP contribution in [0.2, 0.25) is 0 Å². The number of hydrogen-bond acceptors (Lipinski definition) is 7. The Kier molecular flexibility index (Phi) is 6.31. The van der Waals surface area contributed by atoms with Crippen molar-refractivity contribution >= 4 is 0 Å². The summed E-state index contributed by atoms with van der Waals surface area (Å²) in [5.41, 5.74) is 0.0109. The minimum Gasteiger partial charge on any atom is -0.474 e. The molecule has 134 valence electrons. The molecule has 26 heavy (non-hydrogen) atoms. The van der Waals surface area contributed by atoms with Gasteiger partial charge in [-0.1, -0.05) is 30.3 Å². The van der Waals surface area contributed by atoms with Gasteiger partial charge in [0.1, 0.15) is 13.2 Å².